The summed E-state index contributed by atoms with van der Waals surface area (Å²) in [6.07, 6.45) is -3.11. The van der Waals surface area contributed by atoms with Gasteiger partial charge in [-0.1, -0.05) is 42.1 Å². The lowest BCUT2D eigenvalue weighted by Gasteiger charge is -2.13. The Balaban J connectivity index is 1.78. The Morgan fingerprint density at radius 3 is 2.60 bits per heavy atom. The number of halogens is 3. The molecule has 0 aliphatic heterocycles. The number of amides is 1. The van der Waals surface area contributed by atoms with E-state index in [4.69, 9.17) is 5.84 Å². The molecule has 0 radical (unpaired) electrons. The predicted octanol–water partition coefficient (Wildman–Crippen LogP) is 2.24. The molecule has 0 fully saturated rings. The molecule has 0 spiro atoms. The SMILES string of the molecule is C[C@@H](CCc1ccccc1)NC(=O)CSc1nnc(C(F)(F)F)n1N. The summed E-state index contributed by atoms with van der Waals surface area (Å²) in [7, 11) is 0. The lowest BCUT2D eigenvalue weighted by atomic mass is 10.1. The zero-order valence-electron chi connectivity index (χ0n) is 13.5. The third-order valence-electron chi connectivity index (χ3n) is 3.37. The van der Waals surface area contributed by atoms with E-state index in [2.05, 4.69) is 15.5 Å². The first-order chi connectivity index (χ1) is 11.8. The number of rotatable bonds is 7. The maximum Gasteiger partial charge on any atom is 0.453 e. The lowest BCUT2D eigenvalue weighted by molar-refractivity contribution is -0.146. The average molecular weight is 373 g/mol. The van der Waals surface area contributed by atoms with E-state index in [9.17, 15) is 18.0 Å². The quantitative estimate of drug-likeness (QED) is 0.574. The van der Waals surface area contributed by atoms with Gasteiger partial charge < -0.3 is 11.2 Å². The van der Waals surface area contributed by atoms with E-state index in [0.717, 1.165) is 24.6 Å². The van der Waals surface area contributed by atoms with Crippen LogP contribution in [0.5, 0.6) is 0 Å². The van der Waals surface area contributed by atoms with Gasteiger partial charge in [-0.2, -0.15) is 13.2 Å². The van der Waals surface area contributed by atoms with Crippen LogP contribution in [0.4, 0.5) is 13.2 Å². The molecular formula is C15H18F3N5OS. The molecule has 1 heterocycles. The highest BCUT2D eigenvalue weighted by molar-refractivity contribution is 7.99. The van der Waals surface area contributed by atoms with Crippen LogP contribution in [0, 0.1) is 0 Å². The molecule has 10 heteroatoms. The molecule has 2 rings (SSSR count). The molecule has 1 atom stereocenters. The summed E-state index contributed by atoms with van der Waals surface area (Å²) in [6, 6.07) is 9.80. The van der Waals surface area contributed by atoms with E-state index in [1.165, 1.54) is 5.56 Å². The van der Waals surface area contributed by atoms with Crippen LogP contribution in [0.1, 0.15) is 24.7 Å². The third kappa shape index (κ3) is 5.66. The highest BCUT2D eigenvalue weighted by Crippen LogP contribution is 2.28. The van der Waals surface area contributed by atoms with E-state index in [1.807, 2.05) is 37.3 Å². The van der Waals surface area contributed by atoms with Crippen LogP contribution >= 0.6 is 11.8 Å². The fraction of sp³-hybridized carbons (Fsp3) is 0.400. The van der Waals surface area contributed by atoms with E-state index >= 15 is 0 Å². The number of nitrogens with two attached hydrogens (primary N) is 1. The van der Waals surface area contributed by atoms with Crippen molar-refractivity contribution in [2.24, 2.45) is 0 Å². The fourth-order valence-electron chi connectivity index (χ4n) is 2.12. The maximum atomic E-state index is 12.6. The first kappa shape index (κ1) is 19.1. The van der Waals surface area contributed by atoms with Gasteiger partial charge in [0.05, 0.1) is 5.75 Å². The molecule has 1 aromatic heterocycles. The Hall–Kier alpha value is -2.23. The van der Waals surface area contributed by atoms with Gasteiger partial charge in [-0.05, 0) is 25.3 Å². The zero-order valence-corrected chi connectivity index (χ0v) is 14.3. The van der Waals surface area contributed by atoms with Gasteiger partial charge in [0.15, 0.2) is 0 Å². The average Bonchev–Trinajstić information content (AvgIpc) is 2.93. The zero-order chi connectivity index (χ0) is 18.4. The summed E-state index contributed by atoms with van der Waals surface area (Å²) >= 11 is 0.801. The van der Waals surface area contributed by atoms with Gasteiger partial charge in [0.2, 0.25) is 11.1 Å². The molecule has 0 aliphatic carbocycles. The highest BCUT2D eigenvalue weighted by atomic mass is 32.2. The van der Waals surface area contributed by atoms with Crippen LogP contribution in [-0.2, 0) is 17.4 Å². The van der Waals surface area contributed by atoms with Gasteiger partial charge in [0, 0.05) is 6.04 Å². The first-order valence-electron chi connectivity index (χ1n) is 7.51. The van der Waals surface area contributed by atoms with Crippen molar-refractivity contribution in [3.63, 3.8) is 0 Å². The topological polar surface area (TPSA) is 85.8 Å². The molecule has 0 aliphatic rings. The van der Waals surface area contributed by atoms with Crippen molar-refractivity contribution in [2.45, 2.75) is 37.1 Å². The molecular weight excluding hydrogens is 355 g/mol. The molecule has 25 heavy (non-hydrogen) atoms. The Bertz CT molecular complexity index is 705. The number of nitrogens with zero attached hydrogens (tertiary/aromatic N) is 3. The monoisotopic (exact) mass is 373 g/mol. The number of nitrogen functional groups attached to an aromatic ring is 1. The number of hydrogen-bond donors (Lipinski definition) is 2. The van der Waals surface area contributed by atoms with Crippen molar-refractivity contribution in [2.75, 3.05) is 11.6 Å². The number of hydrogen-bond acceptors (Lipinski definition) is 5. The van der Waals surface area contributed by atoms with Crippen LogP contribution < -0.4 is 11.2 Å². The first-order valence-corrected chi connectivity index (χ1v) is 8.49. The minimum absolute atomic E-state index is 0.0604. The van der Waals surface area contributed by atoms with E-state index in [1.54, 1.807) is 0 Å². The number of alkyl halides is 3. The minimum atomic E-state index is -4.69. The number of carbonyl (C=O) groups is 1. The number of aromatic nitrogens is 3. The summed E-state index contributed by atoms with van der Waals surface area (Å²) in [6.45, 7) is 1.87. The van der Waals surface area contributed by atoms with Crippen LogP contribution in [0.25, 0.3) is 0 Å². The van der Waals surface area contributed by atoms with Gasteiger partial charge in [-0.25, -0.2) is 4.68 Å². The predicted molar refractivity (Wildman–Crippen MR) is 88.3 cm³/mol. The van der Waals surface area contributed by atoms with Crippen molar-refractivity contribution in [3.8, 4) is 0 Å². The Morgan fingerprint density at radius 1 is 1.32 bits per heavy atom. The molecule has 2 aromatic rings. The van der Waals surface area contributed by atoms with Crippen molar-refractivity contribution in [1.29, 1.82) is 0 Å². The van der Waals surface area contributed by atoms with Gasteiger partial charge >= 0.3 is 6.18 Å². The van der Waals surface area contributed by atoms with Crippen molar-refractivity contribution >= 4 is 17.7 Å². The molecule has 3 N–H and O–H groups in total. The minimum Gasteiger partial charge on any atom is -0.353 e. The number of benzene rings is 1. The lowest BCUT2D eigenvalue weighted by Crippen LogP contribution is -2.34. The summed E-state index contributed by atoms with van der Waals surface area (Å²) in [5.41, 5.74) is 1.17. The standard InChI is InChI=1S/C15H18F3N5OS/c1-10(7-8-11-5-3-2-4-6-11)20-12(24)9-25-14-22-21-13(23(14)19)15(16,17)18/h2-6,10H,7-9,19H2,1H3,(H,20,24)/t10-/m0/s1. The smallest absolute Gasteiger partial charge is 0.353 e. The molecule has 0 unspecified atom stereocenters. The highest BCUT2D eigenvalue weighted by Gasteiger charge is 2.38. The number of nitrogens with one attached hydrogen (secondary N) is 1. The van der Waals surface area contributed by atoms with Crippen LogP contribution in [-0.4, -0.2) is 32.6 Å². The second-order valence-corrected chi connectivity index (χ2v) is 6.40. The molecule has 6 nitrogen and oxygen atoms in total. The van der Waals surface area contributed by atoms with Crippen molar-refractivity contribution in [3.05, 3.63) is 41.7 Å². The molecule has 1 aromatic carbocycles. The van der Waals surface area contributed by atoms with Crippen LogP contribution in [0.15, 0.2) is 35.5 Å². The van der Waals surface area contributed by atoms with Crippen molar-refractivity contribution in [1.82, 2.24) is 20.2 Å². The van der Waals surface area contributed by atoms with Crippen LogP contribution in [0.2, 0.25) is 0 Å². The number of thioether (sulfide) groups is 1. The molecule has 0 saturated carbocycles. The van der Waals surface area contributed by atoms with Gasteiger partial charge in [-0.15, -0.1) is 10.2 Å². The van der Waals surface area contributed by atoms with Gasteiger partial charge in [0.1, 0.15) is 0 Å². The van der Waals surface area contributed by atoms with Gasteiger partial charge in [0.25, 0.3) is 5.82 Å². The number of aryl methyl sites for hydroxylation is 1. The second-order valence-electron chi connectivity index (χ2n) is 5.46. The molecule has 0 bridgehead atoms. The fourth-order valence-corrected chi connectivity index (χ4v) is 2.78. The van der Waals surface area contributed by atoms with Crippen molar-refractivity contribution < 1.29 is 18.0 Å². The van der Waals surface area contributed by atoms with E-state index < -0.39 is 12.0 Å². The normalized spacial score (nSPS) is 12.8. The van der Waals surface area contributed by atoms with E-state index in [-0.39, 0.29) is 22.9 Å². The summed E-state index contributed by atoms with van der Waals surface area (Å²) in [5, 5.41) is 8.99. The molecule has 1 amide bonds. The summed E-state index contributed by atoms with van der Waals surface area (Å²) in [4.78, 5) is 11.9. The summed E-state index contributed by atoms with van der Waals surface area (Å²) in [5.74, 6) is 3.61. The Kier molecular flexibility index (Phi) is 6.29. The van der Waals surface area contributed by atoms with Crippen LogP contribution in [0.3, 0.4) is 0 Å². The Labute approximate surface area is 147 Å². The number of carbonyl (C=O) groups excluding carboxylic acids is 1. The second kappa shape index (κ2) is 8.24. The van der Waals surface area contributed by atoms with Gasteiger partial charge in [-0.3, -0.25) is 4.79 Å². The Morgan fingerprint density at radius 2 is 2.00 bits per heavy atom. The largest absolute Gasteiger partial charge is 0.453 e. The van der Waals surface area contributed by atoms with E-state index in [0.29, 0.717) is 4.68 Å². The maximum absolute atomic E-state index is 12.6. The molecule has 136 valence electrons. The molecule has 0 saturated heterocycles. The third-order valence-corrected chi connectivity index (χ3v) is 4.31. The summed E-state index contributed by atoms with van der Waals surface area (Å²) < 4.78 is 38.0.